The van der Waals surface area contributed by atoms with Gasteiger partial charge in [0, 0.05) is 18.5 Å². The summed E-state index contributed by atoms with van der Waals surface area (Å²) in [4.78, 5) is 0. The lowest BCUT2D eigenvalue weighted by Crippen LogP contribution is -2.29. The Morgan fingerprint density at radius 2 is 2.15 bits per heavy atom. The van der Waals surface area contributed by atoms with E-state index < -0.39 is 0 Å². The third kappa shape index (κ3) is 2.48. The topological polar surface area (TPSA) is 34.4 Å². The molecule has 0 spiro atoms. The number of nitrogens with one attached hydrogen (secondary N) is 1. The van der Waals surface area contributed by atoms with Crippen LogP contribution in [0.1, 0.15) is 37.6 Å². The van der Waals surface area contributed by atoms with Crippen LogP contribution in [0.4, 0.5) is 0 Å². The molecule has 0 aliphatic carbocycles. The Kier molecular flexibility index (Phi) is 3.81. The Bertz CT molecular complexity index is 590. The summed E-state index contributed by atoms with van der Waals surface area (Å²) < 4.78 is 11.6. The second-order valence-corrected chi connectivity index (χ2v) is 5.84. The third-order valence-electron chi connectivity index (χ3n) is 4.49. The number of hydrogen-bond acceptors (Lipinski definition) is 3. The number of aryl methyl sites for hydroxylation is 1. The normalized spacial score (nSPS) is 24.4. The van der Waals surface area contributed by atoms with E-state index in [2.05, 4.69) is 38.2 Å². The zero-order valence-corrected chi connectivity index (χ0v) is 12.5. The van der Waals surface area contributed by atoms with Crippen LogP contribution in [0.15, 0.2) is 28.7 Å². The molecule has 0 bridgehead atoms. The monoisotopic (exact) mass is 273 g/mol. The van der Waals surface area contributed by atoms with E-state index in [0.29, 0.717) is 12.0 Å². The van der Waals surface area contributed by atoms with Crippen LogP contribution in [0, 0.1) is 12.8 Å². The molecule has 1 aliphatic heterocycles. The van der Waals surface area contributed by atoms with Crippen LogP contribution in [0.5, 0.6) is 0 Å². The smallest absolute Gasteiger partial charge is 0.134 e. The van der Waals surface area contributed by atoms with Crippen molar-refractivity contribution in [2.75, 3.05) is 13.2 Å². The largest absolute Gasteiger partial charge is 0.459 e. The first kappa shape index (κ1) is 13.7. The minimum Gasteiger partial charge on any atom is -0.459 e. The Labute approximate surface area is 120 Å². The van der Waals surface area contributed by atoms with Crippen molar-refractivity contribution >= 4 is 11.0 Å². The standard InChI is InChI=1S/C17H23NO2/c1-11-15-6-4-5-7-16(15)20-17(11)12(2)18-10-14-8-9-19-13(14)3/h4-7,12-14,18H,8-10H2,1-3H3. The Morgan fingerprint density at radius 3 is 2.85 bits per heavy atom. The second kappa shape index (κ2) is 5.58. The average molecular weight is 273 g/mol. The molecule has 3 unspecified atom stereocenters. The van der Waals surface area contributed by atoms with Crippen molar-refractivity contribution in [2.24, 2.45) is 5.92 Å². The molecule has 1 aromatic carbocycles. The molecular weight excluding hydrogens is 250 g/mol. The summed E-state index contributed by atoms with van der Waals surface area (Å²) in [5, 5.41) is 4.82. The lowest BCUT2D eigenvalue weighted by molar-refractivity contribution is 0.105. The number of rotatable bonds is 4. The second-order valence-electron chi connectivity index (χ2n) is 5.84. The molecule has 0 saturated carbocycles. The van der Waals surface area contributed by atoms with Gasteiger partial charge in [0.1, 0.15) is 11.3 Å². The predicted octanol–water partition coefficient (Wildman–Crippen LogP) is 3.82. The molecule has 1 N–H and O–H groups in total. The van der Waals surface area contributed by atoms with E-state index in [-0.39, 0.29) is 6.04 Å². The summed E-state index contributed by atoms with van der Waals surface area (Å²) in [7, 11) is 0. The lowest BCUT2D eigenvalue weighted by Gasteiger charge is -2.18. The van der Waals surface area contributed by atoms with Crippen LogP contribution >= 0.6 is 0 Å². The van der Waals surface area contributed by atoms with Crippen LogP contribution in [0.2, 0.25) is 0 Å². The number of furan rings is 1. The highest BCUT2D eigenvalue weighted by Gasteiger charge is 2.25. The lowest BCUT2D eigenvalue weighted by atomic mass is 10.0. The molecule has 0 amide bonds. The third-order valence-corrected chi connectivity index (χ3v) is 4.49. The van der Waals surface area contributed by atoms with Gasteiger partial charge in [-0.1, -0.05) is 18.2 Å². The fourth-order valence-corrected chi connectivity index (χ4v) is 3.07. The number of fused-ring (bicyclic) bond motifs is 1. The number of ether oxygens (including phenoxy) is 1. The average Bonchev–Trinajstić information content (AvgIpc) is 3.01. The maximum absolute atomic E-state index is 6.01. The number of benzene rings is 1. The first-order valence-electron chi connectivity index (χ1n) is 7.50. The number of hydrogen-bond donors (Lipinski definition) is 1. The van der Waals surface area contributed by atoms with Crippen molar-refractivity contribution < 1.29 is 9.15 Å². The van der Waals surface area contributed by atoms with Gasteiger partial charge >= 0.3 is 0 Å². The van der Waals surface area contributed by atoms with Crippen LogP contribution in [0.3, 0.4) is 0 Å². The van der Waals surface area contributed by atoms with Crippen molar-refractivity contribution in [1.29, 1.82) is 0 Å². The molecule has 0 radical (unpaired) electrons. The summed E-state index contributed by atoms with van der Waals surface area (Å²) in [6, 6.07) is 8.47. The van der Waals surface area contributed by atoms with E-state index in [1.807, 2.05) is 12.1 Å². The fraction of sp³-hybridized carbons (Fsp3) is 0.529. The van der Waals surface area contributed by atoms with E-state index in [9.17, 15) is 0 Å². The van der Waals surface area contributed by atoms with E-state index in [1.54, 1.807) is 0 Å². The van der Waals surface area contributed by atoms with Gasteiger partial charge in [0.05, 0.1) is 12.1 Å². The number of para-hydroxylation sites is 1. The van der Waals surface area contributed by atoms with E-state index in [0.717, 1.165) is 30.9 Å². The molecule has 3 atom stereocenters. The first-order chi connectivity index (χ1) is 9.66. The molecule has 1 saturated heterocycles. The van der Waals surface area contributed by atoms with Gasteiger partial charge in [-0.3, -0.25) is 0 Å². The SMILES string of the molecule is Cc1c(C(C)NCC2CCOC2C)oc2ccccc12. The molecule has 108 valence electrons. The van der Waals surface area contributed by atoms with Crippen LogP contribution in [0.25, 0.3) is 11.0 Å². The predicted molar refractivity (Wildman–Crippen MR) is 80.9 cm³/mol. The molecule has 2 heterocycles. The van der Waals surface area contributed by atoms with Gasteiger partial charge in [0.2, 0.25) is 0 Å². The zero-order valence-electron chi connectivity index (χ0n) is 12.5. The molecule has 3 rings (SSSR count). The molecule has 20 heavy (non-hydrogen) atoms. The molecule has 3 heteroatoms. The molecular formula is C17H23NO2. The minimum atomic E-state index is 0.232. The summed E-state index contributed by atoms with van der Waals surface area (Å²) in [6.45, 7) is 8.35. The molecule has 3 nitrogen and oxygen atoms in total. The molecule has 1 aromatic heterocycles. The Hall–Kier alpha value is -1.32. The van der Waals surface area contributed by atoms with Gasteiger partial charge in [0.25, 0.3) is 0 Å². The van der Waals surface area contributed by atoms with Crippen LogP contribution in [-0.4, -0.2) is 19.3 Å². The summed E-state index contributed by atoms with van der Waals surface area (Å²) in [6.07, 6.45) is 1.52. The highest BCUT2D eigenvalue weighted by molar-refractivity contribution is 5.82. The van der Waals surface area contributed by atoms with Crippen molar-refractivity contribution in [3.63, 3.8) is 0 Å². The van der Waals surface area contributed by atoms with Crippen molar-refractivity contribution in [1.82, 2.24) is 5.32 Å². The van der Waals surface area contributed by atoms with E-state index in [1.165, 1.54) is 10.9 Å². The highest BCUT2D eigenvalue weighted by atomic mass is 16.5. The van der Waals surface area contributed by atoms with Gasteiger partial charge in [-0.05, 0) is 44.7 Å². The quantitative estimate of drug-likeness (QED) is 0.919. The summed E-state index contributed by atoms with van der Waals surface area (Å²) in [5.41, 5.74) is 2.22. The van der Waals surface area contributed by atoms with Crippen molar-refractivity contribution in [2.45, 2.75) is 39.3 Å². The summed E-state index contributed by atoms with van der Waals surface area (Å²) in [5.74, 6) is 1.67. The Balaban J connectivity index is 1.72. The van der Waals surface area contributed by atoms with Gasteiger partial charge in [-0.15, -0.1) is 0 Å². The van der Waals surface area contributed by atoms with Gasteiger partial charge in [-0.2, -0.15) is 0 Å². The molecule has 1 fully saturated rings. The van der Waals surface area contributed by atoms with Gasteiger partial charge < -0.3 is 14.5 Å². The van der Waals surface area contributed by atoms with Crippen molar-refractivity contribution in [3.05, 3.63) is 35.6 Å². The maximum atomic E-state index is 6.01. The summed E-state index contributed by atoms with van der Waals surface area (Å²) >= 11 is 0. The van der Waals surface area contributed by atoms with E-state index in [4.69, 9.17) is 9.15 Å². The zero-order chi connectivity index (χ0) is 14.1. The van der Waals surface area contributed by atoms with Crippen LogP contribution < -0.4 is 5.32 Å². The van der Waals surface area contributed by atoms with Gasteiger partial charge in [0.15, 0.2) is 0 Å². The molecule has 2 aromatic rings. The fourth-order valence-electron chi connectivity index (χ4n) is 3.07. The first-order valence-corrected chi connectivity index (χ1v) is 7.50. The molecule has 1 aliphatic rings. The minimum absolute atomic E-state index is 0.232. The van der Waals surface area contributed by atoms with Crippen molar-refractivity contribution in [3.8, 4) is 0 Å². The van der Waals surface area contributed by atoms with Gasteiger partial charge in [-0.25, -0.2) is 0 Å². The Morgan fingerprint density at radius 1 is 1.35 bits per heavy atom. The maximum Gasteiger partial charge on any atom is 0.134 e. The van der Waals surface area contributed by atoms with Crippen LogP contribution in [-0.2, 0) is 4.74 Å². The van der Waals surface area contributed by atoms with E-state index >= 15 is 0 Å². The highest BCUT2D eigenvalue weighted by Crippen LogP contribution is 2.29.